The van der Waals surface area contributed by atoms with Crippen LogP contribution >= 0.6 is 24.8 Å². The lowest BCUT2D eigenvalue weighted by atomic mass is 9.48. The van der Waals surface area contributed by atoms with Crippen molar-refractivity contribution in [1.29, 1.82) is 0 Å². The Morgan fingerprint density at radius 1 is 0.905 bits per heavy atom. The zero-order chi connectivity index (χ0) is 27.7. The van der Waals surface area contributed by atoms with Crippen molar-refractivity contribution in [2.75, 3.05) is 39.8 Å². The lowest BCUT2D eigenvalue weighted by Crippen LogP contribution is -2.48. The summed E-state index contributed by atoms with van der Waals surface area (Å²) in [5.74, 6) is 2.07. The lowest BCUT2D eigenvalue weighted by molar-refractivity contribution is -0.135. The molecule has 2 aromatic rings. The number of hydrogen-bond acceptors (Lipinski definition) is 5. The van der Waals surface area contributed by atoms with Crippen LogP contribution in [0.4, 0.5) is 0 Å². The third-order valence-corrected chi connectivity index (χ3v) is 9.93. The Morgan fingerprint density at radius 2 is 1.50 bits per heavy atom. The number of nitrogens with zero attached hydrogens (tertiary/aromatic N) is 2. The summed E-state index contributed by atoms with van der Waals surface area (Å²) in [7, 11) is 2.16. The predicted octanol–water partition coefficient (Wildman–Crippen LogP) is 6.70. The molecule has 4 aliphatic carbocycles. The molecular formula is C34H44Cl2N2O4. The maximum absolute atomic E-state index is 13.1. The molecule has 7 rings (SSSR count). The standard InChI is InChI=1S/C34H42N2O4.2ClH/c1-35-13-15-36(16-14-35)12-2-3-33(39)40-31-10-9-29(28-7-4-24(5-8-28)6-11-32(37)38)20-30(31)34-21-25-17-26(22-34)19-27(18-25)23-34;;/h4-11,20,25-27H,2-3,12-19,21-23H2,1H3,(H,37,38);2*1H. The number of likely N-dealkylation sites (N-methyl/N-ethyl adjacent to an activating group) is 1. The molecule has 1 aliphatic heterocycles. The highest BCUT2D eigenvalue weighted by Crippen LogP contribution is 2.62. The third-order valence-electron chi connectivity index (χ3n) is 9.93. The van der Waals surface area contributed by atoms with Crippen LogP contribution < -0.4 is 4.74 Å². The van der Waals surface area contributed by atoms with Crippen molar-refractivity contribution in [3.05, 3.63) is 59.7 Å². The largest absolute Gasteiger partial charge is 0.478 e. The maximum Gasteiger partial charge on any atom is 0.328 e. The Hall–Kier alpha value is -2.38. The number of carboxylic acid groups (broad SMARTS) is 1. The molecule has 4 bridgehead atoms. The molecule has 0 aromatic heterocycles. The summed E-state index contributed by atoms with van der Waals surface area (Å²) in [6.45, 7) is 5.27. The van der Waals surface area contributed by atoms with Gasteiger partial charge < -0.3 is 19.6 Å². The van der Waals surface area contributed by atoms with Gasteiger partial charge in [-0.2, -0.15) is 0 Å². The number of aliphatic carboxylic acids is 1. The first-order valence-corrected chi connectivity index (χ1v) is 15.1. The average molecular weight is 616 g/mol. The number of carbonyl (C=O) groups is 2. The summed E-state index contributed by atoms with van der Waals surface area (Å²) < 4.78 is 6.18. The minimum atomic E-state index is -0.950. The quantitative estimate of drug-likeness (QED) is 0.193. The molecule has 0 unspecified atom stereocenters. The van der Waals surface area contributed by atoms with Crippen LogP contribution in [0.25, 0.3) is 17.2 Å². The second-order valence-corrected chi connectivity index (χ2v) is 12.9. The van der Waals surface area contributed by atoms with Gasteiger partial charge in [-0.05, 0) is 117 Å². The van der Waals surface area contributed by atoms with Gasteiger partial charge in [-0.1, -0.05) is 30.3 Å². The lowest BCUT2D eigenvalue weighted by Gasteiger charge is -2.57. The maximum atomic E-state index is 13.1. The van der Waals surface area contributed by atoms with Crippen molar-refractivity contribution in [2.24, 2.45) is 17.8 Å². The second-order valence-electron chi connectivity index (χ2n) is 12.9. The Morgan fingerprint density at radius 3 is 2.10 bits per heavy atom. The predicted molar refractivity (Wildman–Crippen MR) is 172 cm³/mol. The molecule has 5 fully saturated rings. The second kappa shape index (κ2) is 13.9. The summed E-state index contributed by atoms with van der Waals surface area (Å²) in [6, 6.07) is 14.4. The van der Waals surface area contributed by atoms with E-state index in [0.29, 0.717) is 6.42 Å². The number of esters is 1. The van der Waals surface area contributed by atoms with Crippen molar-refractivity contribution in [1.82, 2.24) is 9.80 Å². The van der Waals surface area contributed by atoms with E-state index in [9.17, 15) is 9.59 Å². The van der Waals surface area contributed by atoms with Crippen LogP contribution in [0.15, 0.2) is 48.5 Å². The number of halogens is 2. The van der Waals surface area contributed by atoms with Gasteiger partial charge in [0, 0.05) is 44.2 Å². The Bertz CT molecular complexity index is 1240. The van der Waals surface area contributed by atoms with Gasteiger partial charge in [-0.25, -0.2) is 4.79 Å². The fraction of sp³-hybridized carbons (Fsp3) is 0.529. The fourth-order valence-electron chi connectivity index (χ4n) is 8.30. The van der Waals surface area contributed by atoms with E-state index in [-0.39, 0.29) is 36.2 Å². The average Bonchev–Trinajstić information content (AvgIpc) is 2.93. The smallest absolute Gasteiger partial charge is 0.328 e. The molecule has 1 saturated heterocycles. The summed E-state index contributed by atoms with van der Waals surface area (Å²) in [6.07, 6.45) is 11.8. The minimum Gasteiger partial charge on any atom is -0.478 e. The highest BCUT2D eigenvalue weighted by atomic mass is 35.5. The molecule has 42 heavy (non-hydrogen) atoms. The van der Waals surface area contributed by atoms with Crippen LogP contribution in [-0.2, 0) is 15.0 Å². The summed E-state index contributed by atoms with van der Waals surface area (Å²) in [5, 5.41) is 8.93. The van der Waals surface area contributed by atoms with Crippen LogP contribution in [0.2, 0.25) is 0 Å². The molecule has 228 valence electrons. The first-order valence-electron chi connectivity index (χ1n) is 15.1. The van der Waals surface area contributed by atoms with Crippen LogP contribution in [0.3, 0.4) is 0 Å². The molecule has 1 N–H and O–H groups in total. The number of carboxylic acids is 1. The SMILES string of the molecule is CN1CCN(CCCC(=O)Oc2ccc(-c3ccc(C=CC(=O)O)cc3)cc2C23CC4CC(CC(C4)C2)C3)CC1.Cl.Cl. The summed E-state index contributed by atoms with van der Waals surface area (Å²) >= 11 is 0. The number of rotatable bonds is 9. The number of piperazine rings is 1. The van der Waals surface area contributed by atoms with Crippen LogP contribution in [0.5, 0.6) is 5.75 Å². The first kappa shape index (κ1) is 32.5. The molecule has 0 amide bonds. The van der Waals surface area contributed by atoms with Gasteiger partial charge in [0.2, 0.25) is 0 Å². The topological polar surface area (TPSA) is 70.1 Å². The molecule has 0 radical (unpaired) electrons. The van der Waals surface area contributed by atoms with E-state index in [1.807, 2.05) is 30.3 Å². The normalized spacial score (nSPS) is 26.9. The monoisotopic (exact) mass is 614 g/mol. The van der Waals surface area contributed by atoms with Gasteiger partial charge in [0.25, 0.3) is 0 Å². The Kier molecular flexibility index (Phi) is 10.8. The molecule has 6 nitrogen and oxygen atoms in total. The first-order chi connectivity index (χ1) is 19.3. The molecule has 1 heterocycles. The molecular weight excluding hydrogens is 571 g/mol. The van der Waals surface area contributed by atoms with Gasteiger partial charge in [0.1, 0.15) is 5.75 Å². The van der Waals surface area contributed by atoms with Gasteiger partial charge in [0.15, 0.2) is 0 Å². The van der Waals surface area contributed by atoms with Gasteiger partial charge in [-0.3, -0.25) is 4.79 Å². The summed E-state index contributed by atoms with van der Waals surface area (Å²) in [4.78, 5) is 28.8. The highest BCUT2D eigenvalue weighted by Gasteiger charge is 2.52. The van der Waals surface area contributed by atoms with E-state index in [2.05, 4.69) is 29.0 Å². The van der Waals surface area contributed by atoms with E-state index in [0.717, 1.165) is 85.4 Å². The molecule has 4 saturated carbocycles. The number of benzene rings is 2. The van der Waals surface area contributed by atoms with Crippen molar-refractivity contribution in [3.63, 3.8) is 0 Å². The summed E-state index contributed by atoms with van der Waals surface area (Å²) in [5.41, 5.74) is 4.39. The Balaban J connectivity index is 0.00000202. The molecule has 8 heteroatoms. The van der Waals surface area contributed by atoms with Gasteiger partial charge >= 0.3 is 11.9 Å². The van der Waals surface area contributed by atoms with E-state index in [4.69, 9.17) is 9.84 Å². The van der Waals surface area contributed by atoms with Crippen LogP contribution in [0, 0.1) is 17.8 Å². The van der Waals surface area contributed by atoms with Crippen molar-refractivity contribution in [3.8, 4) is 16.9 Å². The third kappa shape index (κ3) is 7.39. The van der Waals surface area contributed by atoms with E-state index < -0.39 is 5.97 Å². The van der Waals surface area contributed by atoms with Crippen molar-refractivity contribution >= 4 is 42.8 Å². The molecule has 5 aliphatic rings. The minimum absolute atomic E-state index is 0. The van der Waals surface area contributed by atoms with Crippen molar-refractivity contribution in [2.45, 2.75) is 56.8 Å². The van der Waals surface area contributed by atoms with Crippen LogP contribution in [-0.4, -0.2) is 66.6 Å². The van der Waals surface area contributed by atoms with Gasteiger partial charge in [-0.15, -0.1) is 24.8 Å². The van der Waals surface area contributed by atoms with Crippen molar-refractivity contribution < 1.29 is 19.4 Å². The molecule has 0 spiro atoms. The molecule has 0 atom stereocenters. The fourth-order valence-corrected chi connectivity index (χ4v) is 8.30. The molecule has 2 aromatic carbocycles. The zero-order valence-corrected chi connectivity index (χ0v) is 26.1. The van der Waals surface area contributed by atoms with Crippen LogP contribution in [0.1, 0.15) is 62.5 Å². The number of hydrogen-bond donors (Lipinski definition) is 1. The van der Waals surface area contributed by atoms with E-state index >= 15 is 0 Å². The van der Waals surface area contributed by atoms with E-state index in [1.165, 1.54) is 44.1 Å². The number of carbonyl (C=O) groups excluding carboxylic acids is 1. The number of ether oxygens (including phenoxy) is 1. The highest BCUT2D eigenvalue weighted by molar-refractivity contribution is 5.86. The Labute approximate surface area is 262 Å². The van der Waals surface area contributed by atoms with E-state index in [1.54, 1.807) is 6.08 Å². The zero-order valence-electron chi connectivity index (χ0n) is 24.5. The van der Waals surface area contributed by atoms with Gasteiger partial charge in [0.05, 0.1) is 0 Å².